The van der Waals surface area contributed by atoms with Gasteiger partial charge in [0.2, 0.25) is 0 Å². The normalized spacial score (nSPS) is 24.2. The van der Waals surface area contributed by atoms with Crippen LogP contribution >= 0.6 is 0 Å². The molecule has 0 spiro atoms. The fourth-order valence-corrected chi connectivity index (χ4v) is 9.98. The van der Waals surface area contributed by atoms with Gasteiger partial charge in [0.25, 0.3) is 0 Å². The van der Waals surface area contributed by atoms with Crippen molar-refractivity contribution in [2.45, 2.75) is 157 Å². The molecule has 3 aliphatic carbocycles. The number of ether oxygens (including phenoxy) is 2. The van der Waals surface area contributed by atoms with Crippen LogP contribution in [0.25, 0.3) is 0 Å². The molecule has 0 aromatic heterocycles. The maximum absolute atomic E-state index is 12.4. The van der Waals surface area contributed by atoms with E-state index < -0.39 is 6.23 Å². The van der Waals surface area contributed by atoms with E-state index in [2.05, 4.69) is 97.6 Å². The number of rotatable bonds is 22. The van der Waals surface area contributed by atoms with Gasteiger partial charge in [0.1, 0.15) is 0 Å². The molecule has 2 N–H and O–H groups in total. The van der Waals surface area contributed by atoms with E-state index in [1.165, 1.54) is 59.6 Å². The van der Waals surface area contributed by atoms with Crippen LogP contribution in [-0.4, -0.2) is 114 Å². The third kappa shape index (κ3) is 12.3. The van der Waals surface area contributed by atoms with Crippen molar-refractivity contribution in [3.63, 3.8) is 0 Å². The number of likely N-dealkylation sites (N-methyl/N-ethyl adjacent to an activating group) is 1. The number of hydrogen-bond donors (Lipinski definition) is 2. The van der Waals surface area contributed by atoms with E-state index in [4.69, 9.17) is 14.6 Å². The lowest BCUT2D eigenvalue weighted by Crippen LogP contribution is -2.38. The molecule has 2 aliphatic heterocycles. The predicted octanol–water partition coefficient (Wildman–Crippen LogP) is 9.80. The first kappa shape index (κ1) is 47.9. The largest absolute Gasteiger partial charge is 0.400 e. The molecule has 5 unspecified atom stereocenters. The molecule has 0 aromatic rings. The van der Waals surface area contributed by atoms with Crippen LogP contribution in [0.2, 0.25) is 0 Å². The molecule has 0 radical (unpaired) electrons. The molecular formula is C48H84N4O4. The monoisotopic (exact) mass is 781 g/mol. The van der Waals surface area contributed by atoms with Crippen molar-refractivity contribution in [3.05, 3.63) is 70.4 Å². The van der Waals surface area contributed by atoms with Crippen molar-refractivity contribution in [3.8, 4) is 0 Å². The van der Waals surface area contributed by atoms with Crippen molar-refractivity contribution >= 4 is 0 Å². The summed E-state index contributed by atoms with van der Waals surface area (Å²) in [5, 5.41) is 19.4. The number of fused-ring (bicyclic) bond motifs is 1. The van der Waals surface area contributed by atoms with Gasteiger partial charge in [-0.3, -0.25) is 0 Å². The summed E-state index contributed by atoms with van der Waals surface area (Å²) >= 11 is 0. The summed E-state index contributed by atoms with van der Waals surface area (Å²) in [7, 11) is 1.00. The molecule has 8 heteroatoms. The summed E-state index contributed by atoms with van der Waals surface area (Å²) in [5.41, 5.74) is 8.60. The number of allylic oxidation sites excluding steroid dienone is 9. The van der Waals surface area contributed by atoms with Crippen LogP contribution in [0, 0.1) is 11.8 Å². The number of hydrogen-bond acceptors (Lipinski definition) is 8. The van der Waals surface area contributed by atoms with Crippen LogP contribution in [0.4, 0.5) is 0 Å². The lowest BCUT2D eigenvalue weighted by atomic mass is 9.85. The van der Waals surface area contributed by atoms with Gasteiger partial charge in [0.15, 0.2) is 6.23 Å². The molecule has 0 saturated carbocycles. The van der Waals surface area contributed by atoms with Crippen LogP contribution in [0.5, 0.6) is 0 Å². The molecule has 0 saturated heterocycles. The number of aliphatic hydroxyl groups excluding tert-OH is 2. The Labute approximate surface area is 344 Å². The average molecular weight is 781 g/mol. The molecule has 0 fully saturated rings. The zero-order chi connectivity index (χ0) is 39.6. The maximum Gasteiger partial charge on any atom is 0.155 e. The van der Waals surface area contributed by atoms with E-state index in [0.717, 1.165) is 130 Å². The maximum atomic E-state index is 12.4. The van der Waals surface area contributed by atoms with Crippen molar-refractivity contribution in [2.75, 3.05) is 66.3 Å². The fourth-order valence-electron chi connectivity index (χ4n) is 9.98. The minimum absolute atomic E-state index is 0. The lowest BCUT2D eigenvalue weighted by molar-refractivity contribution is 0.0508. The summed E-state index contributed by atoms with van der Waals surface area (Å²) in [6, 6.07) is 1.08. The van der Waals surface area contributed by atoms with Crippen molar-refractivity contribution in [2.24, 2.45) is 11.8 Å². The number of nitrogens with zero attached hydrogens (tertiary/aromatic N) is 4. The fraction of sp³-hybridized carbons (Fsp3) is 0.750. The van der Waals surface area contributed by atoms with Crippen LogP contribution in [0.3, 0.4) is 0 Å². The van der Waals surface area contributed by atoms with Gasteiger partial charge in [-0.25, -0.2) is 0 Å². The Morgan fingerprint density at radius 2 is 1.52 bits per heavy atom. The highest BCUT2D eigenvalue weighted by Gasteiger charge is 2.46. The van der Waals surface area contributed by atoms with Crippen LogP contribution < -0.4 is 0 Å². The second kappa shape index (κ2) is 25.8. The summed E-state index contributed by atoms with van der Waals surface area (Å²) in [6.45, 7) is 21.3. The minimum atomic E-state index is -0.577. The zero-order valence-electron chi connectivity index (χ0n) is 36.1. The molecule has 0 aromatic carbocycles. The van der Waals surface area contributed by atoms with E-state index in [-0.39, 0.29) is 7.43 Å². The second-order valence-corrected chi connectivity index (χ2v) is 15.9. The summed E-state index contributed by atoms with van der Waals surface area (Å²) in [6.07, 6.45) is 29.8. The van der Waals surface area contributed by atoms with E-state index in [1.54, 1.807) is 0 Å². The Balaban J connectivity index is 0.00000276. The minimum Gasteiger partial charge on any atom is -0.400 e. The molecule has 8 nitrogen and oxygen atoms in total. The summed E-state index contributed by atoms with van der Waals surface area (Å²) < 4.78 is 11.6. The third-order valence-corrected chi connectivity index (χ3v) is 12.6. The van der Waals surface area contributed by atoms with Crippen molar-refractivity contribution in [1.29, 1.82) is 0 Å². The Morgan fingerprint density at radius 3 is 2.09 bits per heavy atom. The number of aliphatic hydroxyl groups is 2. The van der Waals surface area contributed by atoms with Crippen LogP contribution in [-0.2, 0) is 9.47 Å². The Hall–Kier alpha value is -2.52. The Kier molecular flexibility index (Phi) is 22.0. The van der Waals surface area contributed by atoms with E-state index in [0.29, 0.717) is 23.9 Å². The van der Waals surface area contributed by atoms with Crippen molar-refractivity contribution < 1.29 is 19.7 Å². The Bertz CT molecular complexity index is 1330. The molecule has 0 amide bonds. The molecule has 5 aliphatic rings. The molecule has 2 heterocycles. The lowest BCUT2D eigenvalue weighted by Gasteiger charge is -2.39. The van der Waals surface area contributed by atoms with Gasteiger partial charge >= 0.3 is 0 Å². The SMILES string of the molecule is C.CC/C=C/CCC(C)N(CC)C1=CCC(C2=C3C(=C(C4CC=C(N(CC)C5C=CCCC5)CC4)N(CCCOCC)C3O)CN2CCCOCC)CC1.CO. The van der Waals surface area contributed by atoms with Gasteiger partial charge in [-0.05, 0) is 125 Å². The highest BCUT2D eigenvalue weighted by Crippen LogP contribution is 2.50. The third-order valence-electron chi connectivity index (χ3n) is 12.6. The molecule has 0 bridgehead atoms. The quantitative estimate of drug-likeness (QED) is 0.0832. The first-order chi connectivity index (χ1) is 27.0. The Morgan fingerprint density at radius 1 is 0.857 bits per heavy atom. The highest BCUT2D eigenvalue weighted by molar-refractivity contribution is 5.53. The predicted molar refractivity (Wildman–Crippen MR) is 236 cm³/mol. The standard InChI is InChI=1S/C46H76N4O3.CH4O.CH4/c1-7-12-13-15-20-36(6)48(8-2)40-27-25-38(26-28-40)45-43-42(35-47(45)31-18-33-52-10-4)44(50(46(43)51)32-19-34-53-11-5)37-23-29-41(30-24-37)49(9-3)39-21-16-14-17-22-39;1-2;/h12-13,16,21,27,29,36-39,46,51H,7-11,14-15,17-20,22-26,28,30-35H2,1-6H3;2H,1H3;1H4/b13-12+;;. The average Bonchev–Trinajstić information content (AvgIpc) is 3.72. The summed E-state index contributed by atoms with van der Waals surface area (Å²) in [4.78, 5) is 10.4. The van der Waals surface area contributed by atoms with Gasteiger partial charge in [0.05, 0.1) is 0 Å². The van der Waals surface area contributed by atoms with Gasteiger partial charge in [-0.15, -0.1) is 0 Å². The molecule has 5 atom stereocenters. The zero-order valence-corrected chi connectivity index (χ0v) is 36.1. The second-order valence-electron chi connectivity index (χ2n) is 15.9. The van der Waals surface area contributed by atoms with Gasteiger partial charge in [-0.1, -0.05) is 50.8 Å². The summed E-state index contributed by atoms with van der Waals surface area (Å²) in [5.74, 6) is 0.862. The van der Waals surface area contributed by atoms with Crippen LogP contribution in [0.1, 0.15) is 139 Å². The van der Waals surface area contributed by atoms with Gasteiger partial charge in [0, 0.05) is 124 Å². The first-order valence-electron chi connectivity index (χ1n) is 22.5. The van der Waals surface area contributed by atoms with E-state index >= 15 is 0 Å². The molecule has 56 heavy (non-hydrogen) atoms. The smallest absolute Gasteiger partial charge is 0.155 e. The van der Waals surface area contributed by atoms with Gasteiger partial charge < -0.3 is 39.3 Å². The topological polar surface area (TPSA) is 71.9 Å². The molecule has 320 valence electrons. The molecular weight excluding hydrogens is 697 g/mol. The van der Waals surface area contributed by atoms with E-state index in [1.807, 2.05) is 0 Å². The van der Waals surface area contributed by atoms with Gasteiger partial charge in [-0.2, -0.15) is 0 Å². The highest BCUT2D eigenvalue weighted by atomic mass is 16.5. The van der Waals surface area contributed by atoms with Crippen molar-refractivity contribution in [1.82, 2.24) is 19.6 Å². The molecule has 5 rings (SSSR count). The van der Waals surface area contributed by atoms with Crippen LogP contribution in [0.15, 0.2) is 70.4 Å². The first-order valence-corrected chi connectivity index (χ1v) is 22.5. The van der Waals surface area contributed by atoms with E-state index in [9.17, 15) is 5.11 Å².